The largest absolute Gasteiger partial charge is 0.387 e. The van der Waals surface area contributed by atoms with E-state index in [1.165, 1.54) is 11.1 Å². The molecule has 2 aliphatic rings. The summed E-state index contributed by atoms with van der Waals surface area (Å²) in [7, 11) is 0. The lowest BCUT2D eigenvalue weighted by molar-refractivity contribution is 0.0748. The summed E-state index contributed by atoms with van der Waals surface area (Å²) in [6.07, 6.45) is 5.28. The number of aromatic nitrogens is 3. The normalized spacial score (nSPS) is 25.6. The van der Waals surface area contributed by atoms with Crippen molar-refractivity contribution in [3.8, 4) is 11.3 Å². The van der Waals surface area contributed by atoms with Gasteiger partial charge in [-0.2, -0.15) is 0 Å². The van der Waals surface area contributed by atoms with Crippen molar-refractivity contribution in [2.75, 3.05) is 0 Å². The van der Waals surface area contributed by atoms with Crippen LogP contribution in [0, 0.1) is 5.92 Å². The van der Waals surface area contributed by atoms with Crippen LogP contribution in [0.4, 0.5) is 0 Å². The molecule has 4 nitrogen and oxygen atoms in total. The fourth-order valence-corrected chi connectivity index (χ4v) is 4.90. The quantitative estimate of drug-likeness (QED) is 0.751. The molecule has 0 saturated carbocycles. The lowest BCUT2D eigenvalue weighted by Gasteiger charge is -2.33. The molecule has 0 spiro atoms. The number of hydrogen-bond donors (Lipinski definition) is 1. The Morgan fingerprint density at radius 3 is 3.14 bits per heavy atom. The summed E-state index contributed by atoms with van der Waals surface area (Å²) in [6.45, 7) is 0. The standard InChI is InChI=1S/C17H15N3OS/c21-16-12(5-6-13-17(16)22-9-19-13)15-11-4-2-1-3-10(11)14-7-18-8-20(14)15/h1-4,7-9,12,15-16,21H,5-6H2/t12-,15+,16+/m1/s1. The molecule has 5 heteroatoms. The van der Waals surface area contributed by atoms with Crippen LogP contribution in [-0.2, 0) is 6.42 Å². The van der Waals surface area contributed by atoms with Crippen molar-refractivity contribution in [3.05, 3.63) is 58.4 Å². The molecule has 22 heavy (non-hydrogen) atoms. The number of benzene rings is 1. The van der Waals surface area contributed by atoms with Gasteiger partial charge in [0.25, 0.3) is 0 Å². The molecule has 0 unspecified atom stereocenters. The number of rotatable bonds is 1. The van der Waals surface area contributed by atoms with Crippen LogP contribution in [0.1, 0.15) is 34.7 Å². The molecule has 3 heterocycles. The molecular weight excluding hydrogens is 294 g/mol. The third-order valence-corrected chi connectivity index (χ3v) is 5.93. The number of aliphatic hydroxyl groups is 1. The summed E-state index contributed by atoms with van der Waals surface area (Å²) in [5.41, 5.74) is 6.62. The molecule has 1 aliphatic heterocycles. The monoisotopic (exact) mass is 309 g/mol. The van der Waals surface area contributed by atoms with E-state index in [1.54, 1.807) is 11.3 Å². The van der Waals surface area contributed by atoms with Gasteiger partial charge in [0.2, 0.25) is 0 Å². The van der Waals surface area contributed by atoms with E-state index in [9.17, 15) is 5.11 Å². The van der Waals surface area contributed by atoms with Gasteiger partial charge in [0.05, 0.1) is 46.4 Å². The number of hydrogen-bond acceptors (Lipinski definition) is 4. The third-order valence-electron chi connectivity index (χ3n) is 4.99. The number of aryl methyl sites for hydroxylation is 1. The molecule has 0 amide bonds. The summed E-state index contributed by atoms with van der Waals surface area (Å²) in [6, 6.07) is 8.65. The molecule has 0 saturated heterocycles. The Labute approximate surface area is 132 Å². The first-order valence-corrected chi connectivity index (χ1v) is 8.44. The molecule has 0 bridgehead atoms. The predicted octanol–water partition coefficient (Wildman–Crippen LogP) is 3.21. The number of fused-ring (bicyclic) bond motifs is 4. The van der Waals surface area contributed by atoms with E-state index < -0.39 is 6.10 Å². The second-order valence-corrected chi connectivity index (χ2v) is 6.92. The lowest BCUT2D eigenvalue weighted by atomic mass is 9.80. The first-order valence-electron chi connectivity index (χ1n) is 7.56. The van der Waals surface area contributed by atoms with Gasteiger partial charge in [-0.1, -0.05) is 24.3 Å². The van der Waals surface area contributed by atoms with Gasteiger partial charge in [-0.25, -0.2) is 9.97 Å². The summed E-state index contributed by atoms with van der Waals surface area (Å²) < 4.78 is 2.23. The average Bonchev–Trinajstić information content (AvgIpc) is 3.23. The Bertz CT molecular complexity index is 853. The van der Waals surface area contributed by atoms with Gasteiger partial charge in [-0.3, -0.25) is 0 Å². The highest BCUT2D eigenvalue weighted by molar-refractivity contribution is 7.09. The fourth-order valence-electron chi connectivity index (χ4n) is 4.00. The maximum absolute atomic E-state index is 10.9. The number of imidazole rings is 1. The third kappa shape index (κ3) is 1.55. The van der Waals surface area contributed by atoms with Crippen LogP contribution < -0.4 is 0 Å². The molecule has 3 atom stereocenters. The van der Waals surface area contributed by atoms with Crippen LogP contribution in [0.15, 0.2) is 42.3 Å². The minimum atomic E-state index is -0.442. The van der Waals surface area contributed by atoms with Crippen LogP contribution in [0.5, 0.6) is 0 Å². The topological polar surface area (TPSA) is 50.9 Å². The highest BCUT2D eigenvalue weighted by Crippen LogP contribution is 2.50. The van der Waals surface area contributed by atoms with E-state index in [0.29, 0.717) is 0 Å². The van der Waals surface area contributed by atoms with Crippen LogP contribution in [0.2, 0.25) is 0 Å². The zero-order valence-corrected chi connectivity index (χ0v) is 12.7. The Morgan fingerprint density at radius 1 is 1.27 bits per heavy atom. The predicted molar refractivity (Wildman–Crippen MR) is 84.7 cm³/mol. The minimum Gasteiger partial charge on any atom is -0.387 e. The Balaban J connectivity index is 1.65. The van der Waals surface area contributed by atoms with Gasteiger partial charge in [-0.15, -0.1) is 11.3 Å². The van der Waals surface area contributed by atoms with Gasteiger partial charge in [0.1, 0.15) is 0 Å². The van der Waals surface area contributed by atoms with Crippen molar-refractivity contribution >= 4 is 11.3 Å². The van der Waals surface area contributed by atoms with E-state index in [0.717, 1.165) is 29.1 Å². The summed E-state index contributed by atoms with van der Waals surface area (Å²) in [5.74, 6) is 0.171. The van der Waals surface area contributed by atoms with Crippen molar-refractivity contribution in [2.45, 2.75) is 25.0 Å². The van der Waals surface area contributed by atoms with Gasteiger partial charge >= 0.3 is 0 Å². The highest BCUT2D eigenvalue weighted by Gasteiger charge is 2.41. The molecule has 2 aromatic heterocycles. The Kier molecular flexibility index (Phi) is 2.57. The van der Waals surface area contributed by atoms with Gasteiger partial charge in [0, 0.05) is 11.5 Å². The minimum absolute atomic E-state index is 0.166. The van der Waals surface area contributed by atoms with Crippen LogP contribution in [0.25, 0.3) is 11.3 Å². The van der Waals surface area contributed by atoms with Crippen LogP contribution in [-0.4, -0.2) is 19.6 Å². The van der Waals surface area contributed by atoms with E-state index in [-0.39, 0.29) is 12.0 Å². The zero-order chi connectivity index (χ0) is 14.7. The number of thiazole rings is 1. The summed E-state index contributed by atoms with van der Waals surface area (Å²) >= 11 is 1.57. The molecule has 1 aliphatic carbocycles. The first kappa shape index (κ1) is 12.6. The lowest BCUT2D eigenvalue weighted by Crippen LogP contribution is -2.27. The smallest absolute Gasteiger partial charge is 0.0956 e. The number of aliphatic hydroxyl groups excluding tert-OH is 1. The van der Waals surface area contributed by atoms with Crippen molar-refractivity contribution in [1.82, 2.24) is 14.5 Å². The fraction of sp³-hybridized carbons (Fsp3) is 0.294. The van der Waals surface area contributed by atoms with E-state index in [2.05, 4.69) is 38.8 Å². The van der Waals surface area contributed by atoms with Crippen LogP contribution in [0.3, 0.4) is 0 Å². The maximum atomic E-state index is 10.9. The SMILES string of the molecule is O[C@@H]1c2scnc2CC[C@@H]1[C@@H]1c2ccccc2-c2cncn21. The maximum Gasteiger partial charge on any atom is 0.0956 e. The molecule has 0 radical (unpaired) electrons. The molecular formula is C17H15N3OS. The molecule has 110 valence electrons. The van der Waals surface area contributed by atoms with E-state index in [4.69, 9.17) is 0 Å². The summed E-state index contributed by atoms with van der Waals surface area (Å²) in [4.78, 5) is 9.75. The van der Waals surface area contributed by atoms with Crippen molar-refractivity contribution in [1.29, 1.82) is 0 Å². The van der Waals surface area contributed by atoms with Crippen molar-refractivity contribution in [3.63, 3.8) is 0 Å². The summed E-state index contributed by atoms with van der Waals surface area (Å²) in [5, 5.41) is 10.9. The van der Waals surface area contributed by atoms with Crippen LogP contribution >= 0.6 is 11.3 Å². The van der Waals surface area contributed by atoms with Gasteiger partial charge in [-0.05, 0) is 18.4 Å². The average molecular weight is 309 g/mol. The molecule has 5 rings (SSSR count). The zero-order valence-electron chi connectivity index (χ0n) is 11.9. The van der Waals surface area contributed by atoms with Gasteiger partial charge < -0.3 is 9.67 Å². The van der Waals surface area contributed by atoms with Gasteiger partial charge in [0.15, 0.2) is 0 Å². The van der Waals surface area contributed by atoms with E-state index in [1.807, 2.05) is 18.0 Å². The molecule has 0 fully saturated rings. The van der Waals surface area contributed by atoms with Crippen molar-refractivity contribution < 1.29 is 5.11 Å². The second-order valence-electron chi connectivity index (χ2n) is 6.03. The molecule has 1 N–H and O–H groups in total. The van der Waals surface area contributed by atoms with Crippen molar-refractivity contribution in [2.24, 2.45) is 5.92 Å². The first-order chi connectivity index (χ1) is 10.8. The molecule has 1 aromatic carbocycles. The second kappa shape index (κ2) is 4.51. The molecule has 3 aromatic rings. The number of nitrogens with zero attached hydrogens (tertiary/aromatic N) is 3. The Hall–Kier alpha value is -1.98. The van der Waals surface area contributed by atoms with E-state index >= 15 is 0 Å². The highest BCUT2D eigenvalue weighted by atomic mass is 32.1. The Morgan fingerprint density at radius 2 is 2.18 bits per heavy atom.